The smallest absolute Gasteiger partial charge is 0.239 e. The summed E-state index contributed by atoms with van der Waals surface area (Å²) in [5, 5.41) is 4.24. The predicted molar refractivity (Wildman–Crippen MR) is 110 cm³/mol. The van der Waals surface area contributed by atoms with E-state index in [4.69, 9.17) is 0 Å². The zero-order valence-corrected chi connectivity index (χ0v) is 16.2. The van der Waals surface area contributed by atoms with Gasteiger partial charge in [0, 0.05) is 62.9 Å². The highest BCUT2D eigenvalue weighted by atomic mass is 16.1. The van der Waals surface area contributed by atoms with Crippen molar-refractivity contribution in [1.29, 1.82) is 0 Å². The van der Waals surface area contributed by atoms with Crippen molar-refractivity contribution >= 4 is 22.8 Å². The summed E-state index contributed by atoms with van der Waals surface area (Å²) in [5.74, 6) is 0.852. The van der Waals surface area contributed by atoms with Crippen LogP contribution in [0.5, 0.6) is 0 Å². The molecule has 7 nitrogen and oxygen atoms in total. The first-order valence-corrected chi connectivity index (χ1v) is 9.76. The van der Waals surface area contributed by atoms with E-state index in [1.165, 1.54) is 5.39 Å². The van der Waals surface area contributed by atoms with Crippen LogP contribution in [-0.2, 0) is 11.3 Å². The van der Waals surface area contributed by atoms with E-state index in [9.17, 15) is 4.79 Å². The summed E-state index contributed by atoms with van der Waals surface area (Å²) in [6, 6.07) is 12.1. The largest absolute Gasteiger partial charge is 0.353 e. The minimum absolute atomic E-state index is 0.0563. The molecule has 1 N–H and O–H groups in total. The summed E-state index contributed by atoms with van der Waals surface area (Å²) in [7, 11) is 0. The number of benzene rings is 1. The lowest BCUT2D eigenvalue weighted by atomic mass is 10.2. The number of aromatic nitrogens is 3. The number of nitrogens with zero attached hydrogens (tertiary/aromatic N) is 5. The highest BCUT2D eigenvalue weighted by Crippen LogP contribution is 2.18. The second-order valence-corrected chi connectivity index (χ2v) is 7.16. The van der Waals surface area contributed by atoms with Gasteiger partial charge in [0.05, 0.1) is 0 Å². The Hall–Kier alpha value is -2.93. The van der Waals surface area contributed by atoms with Crippen LogP contribution >= 0.6 is 0 Å². The SMILES string of the molecule is Cc1cc2ccccc2n1CC(=O)NCCN1CCN(c2ncccn2)CC1. The van der Waals surface area contributed by atoms with Gasteiger partial charge in [-0.3, -0.25) is 9.69 Å². The lowest BCUT2D eigenvalue weighted by molar-refractivity contribution is -0.121. The maximum Gasteiger partial charge on any atom is 0.239 e. The van der Waals surface area contributed by atoms with E-state index in [1.807, 2.05) is 25.1 Å². The van der Waals surface area contributed by atoms with Crippen molar-refractivity contribution in [3.63, 3.8) is 0 Å². The number of para-hydroxylation sites is 1. The molecule has 0 aliphatic carbocycles. The molecule has 28 heavy (non-hydrogen) atoms. The second-order valence-electron chi connectivity index (χ2n) is 7.16. The summed E-state index contributed by atoms with van der Waals surface area (Å²) in [4.78, 5) is 25.6. The van der Waals surface area contributed by atoms with Gasteiger partial charge >= 0.3 is 0 Å². The molecule has 3 heterocycles. The summed E-state index contributed by atoms with van der Waals surface area (Å²) in [5.41, 5.74) is 2.21. The molecular formula is C21H26N6O. The Kier molecular flexibility index (Phi) is 5.53. The molecule has 1 fully saturated rings. The van der Waals surface area contributed by atoms with Gasteiger partial charge in [0.1, 0.15) is 6.54 Å². The first-order valence-electron chi connectivity index (χ1n) is 9.76. The summed E-state index contributed by atoms with van der Waals surface area (Å²) in [6.07, 6.45) is 3.56. The van der Waals surface area contributed by atoms with Crippen molar-refractivity contribution in [2.45, 2.75) is 13.5 Å². The molecule has 3 aromatic rings. The maximum absolute atomic E-state index is 12.4. The van der Waals surface area contributed by atoms with E-state index in [1.54, 1.807) is 12.4 Å². The Morgan fingerprint density at radius 1 is 1.07 bits per heavy atom. The fourth-order valence-electron chi connectivity index (χ4n) is 3.74. The third kappa shape index (κ3) is 4.14. The van der Waals surface area contributed by atoms with Gasteiger partial charge in [-0.25, -0.2) is 9.97 Å². The van der Waals surface area contributed by atoms with E-state index in [2.05, 4.69) is 47.9 Å². The number of anilines is 1. The van der Waals surface area contributed by atoms with Gasteiger partial charge in [-0.2, -0.15) is 0 Å². The van der Waals surface area contributed by atoms with Crippen LogP contribution < -0.4 is 10.2 Å². The summed E-state index contributed by atoms with van der Waals surface area (Å²) >= 11 is 0. The van der Waals surface area contributed by atoms with Crippen molar-refractivity contribution < 1.29 is 4.79 Å². The van der Waals surface area contributed by atoms with Crippen LogP contribution in [-0.4, -0.2) is 64.6 Å². The zero-order chi connectivity index (χ0) is 19.3. The Balaban J connectivity index is 1.22. The van der Waals surface area contributed by atoms with Gasteiger partial charge in [-0.05, 0) is 30.5 Å². The normalized spacial score (nSPS) is 15.1. The molecule has 7 heteroatoms. The number of aryl methyl sites for hydroxylation is 1. The monoisotopic (exact) mass is 378 g/mol. The number of carbonyl (C=O) groups is 1. The number of piperazine rings is 1. The zero-order valence-electron chi connectivity index (χ0n) is 16.2. The Morgan fingerprint density at radius 2 is 1.82 bits per heavy atom. The molecule has 1 aliphatic heterocycles. The Labute approximate surface area is 165 Å². The van der Waals surface area contributed by atoms with Crippen molar-refractivity contribution in [3.05, 3.63) is 54.5 Å². The molecule has 1 aromatic carbocycles. The standard InChI is InChI=1S/C21H26N6O/c1-17-15-18-5-2-3-6-19(18)27(17)16-20(28)22-9-10-25-11-13-26(14-12-25)21-23-7-4-8-24-21/h2-8,15H,9-14,16H2,1H3,(H,22,28). The predicted octanol–water partition coefficient (Wildman–Crippen LogP) is 1.68. The molecule has 1 amide bonds. The molecule has 2 aromatic heterocycles. The molecule has 0 saturated carbocycles. The van der Waals surface area contributed by atoms with Crippen LogP contribution in [0.15, 0.2) is 48.8 Å². The molecule has 0 radical (unpaired) electrons. The molecule has 0 unspecified atom stereocenters. The summed E-state index contributed by atoms with van der Waals surface area (Å²) in [6.45, 7) is 7.66. The number of hydrogen-bond donors (Lipinski definition) is 1. The first-order chi connectivity index (χ1) is 13.7. The van der Waals surface area contributed by atoms with Gasteiger partial charge < -0.3 is 14.8 Å². The molecule has 0 spiro atoms. The molecular weight excluding hydrogens is 352 g/mol. The van der Waals surface area contributed by atoms with Crippen LogP contribution in [0.4, 0.5) is 5.95 Å². The van der Waals surface area contributed by atoms with E-state index in [-0.39, 0.29) is 5.91 Å². The fraction of sp³-hybridized carbons (Fsp3) is 0.381. The van der Waals surface area contributed by atoms with Gasteiger partial charge in [0.15, 0.2) is 0 Å². The lowest BCUT2D eigenvalue weighted by Gasteiger charge is -2.34. The van der Waals surface area contributed by atoms with Gasteiger partial charge in [0.25, 0.3) is 0 Å². The third-order valence-electron chi connectivity index (χ3n) is 5.28. The highest BCUT2D eigenvalue weighted by Gasteiger charge is 2.18. The van der Waals surface area contributed by atoms with Crippen LogP contribution in [0.25, 0.3) is 10.9 Å². The quantitative estimate of drug-likeness (QED) is 0.707. The van der Waals surface area contributed by atoms with Crippen molar-refractivity contribution in [2.24, 2.45) is 0 Å². The van der Waals surface area contributed by atoms with Gasteiger partial charge in [-0.1, -0.05) is 18.2 Å². The lowest BCUT2D eigenvalue weighted by Crippen LogP contribution is -2.49. The second kappa shape index (κ2) is 8.39. The number of rotatable bonds is 6. The Morgan fingerprint density at radius 3 is 2.61 bits per heavy atom. The molecule has 1 saturated heterocycles. The average Bonchev–Trinajstić information content (AvgIpc) is 3.04. The molecule has 4 rings (SSSR count). The van der Waals surface area contributed by atoms with E-state index in [0.717, 1.165) is 49.9 Å². The van der Waals surface area contributed by atoms with Crippen molar-refractivity contribution in [2.75, 3.05) is 44.2 Å². The minimum Gasteiger partial charge on any atom is -0.353 e. The fourth-order valence-corrected chi connectivity index (χ4v) is 3.74. The third-order valence-corrected chi connectivity index (χ3v) is 5.28. The Bertz CT molecular complexity index is 930. The number of nitrogens with one attached hydrogen (secondary N) is 1. The highest BCUT2D eigenvalue weighted by molar-refractivity contribution is 5.84. The van der Waals surface area contributed by atoms with Crippen molar-refractivity contribution in [3.8, 4) is 0 Å². The number of hydrogen-bond acceptors (Lipinski definition) is 5. The molecule has 0 atom stereocenters. The topological polar surface area (TPSA) is 66.3 Å². The average molecular weight is 378 g/mol. The van der Waals surface area contributed by atoms with Crippen LogP contribution in [0, 0.1) is 6.92 Å². The molecule has 146 valence electrons. The van der Waals surface area contributed by atoms with Crippen LogP contribution in [0.3, 0.4) is 0 Å². The number of carbonyl (C=O) groups excluding carboxylic acids is 1. The van der Waals surface area contributed by atoms with Crippen LogP contribution in [0.2, 0.25) is 0 Å². The first kappa shape index (κ1) is 18.4. The van der Waals surface area contributed by atoms with Gasteiger partial charge in [0.2, 0.25) is 11.9 Å². The van der Waals surface area contributed by atoms with Gasteiger partial charge in [-0.15, -0.1) is 0 Å². The van der Waals surface area contributed by atoms with E-state index in [0.29, 0.717) is 13.1 Å². The number of fused-ring (bicyclic) bond motifs is 1. The minimum atomic E-state index is 0.0563. The summed E-state index contributed by atoms with van der Waals surface area (Å²) < 4.78 is 2.07. The van der Waals surface area contributed by atoms with E-state index < -0.39 is 0 Å². The number of amides is 1. The molecule has 0 bridgehead atoms. The molecule has 1 aliphatic rings. The maximum atomic E-state index is 12.4. The van der Waals surface area contributed by atoms with Crippen molar-refractivity contribution in [1.82, 2.24) is 24.8 Å². The van der Waals surface area contributed by atoms with Crippen LogP contribution in [0.1, 0.15) is 5.69 Å². The van der Waals surface area contributed by atoms with E-state index >= 15 is 0 Å².